The van der Waals surface area contributed by atoms with Crippen molar-refractivity contribution in [3.05, 3.63) is 11.6 Å². The summed E-state index contributed by atoms with van der Waals surface area (Å²) >= 11 is 0. The first kappa shape index (κ1) is 34.0. The van der Waals surface area contributed by atoms with E-state index < -0.39 is 22.4 Å². The summed E-state index contributed by atoms with van der Waals surface area (Å²) in [7, 11) is -3.83. The molecule has 1 heterocycles. The van der Waals surface area contributed by atoms with Gasteiger partial charge < -0.3 is 18.3 Å². The Morgan fingerprint density at radius 3 is 2.12 bits per heavy atom. The standard InChI is InChI=1S/C36H64O5Si2/c1-14-24-27(37)21-25-29-30(28(22-36(24,25)11)41-43(15-2,16-3)17-4)35(10)19-18-23(40-42(12,13)33(5,6)7)20-26(35)31-32(29)39-34(8,9)38-31/h14,23,25-26,28-32H,15-22H2,1-13H3/b24-14-/t23-,25-,26+,28-,29-,30-,31+,32+,35-,36+/m0/s1. The van der Waals surface area contributed by atoms with Crippen LogP contribution in [0.5, 0.6) is 0 Å². The van der Waals surface area contributed by atoms with Gasteiger partial charge in [-0.15, -0.1) is 0 Å². The first-order chi connectivity index (χ1) is 19.8. The van der Waals surface area contributed by atoms with E-state index in [1.54, 1.807) is 0 Å². The van der Waals surface area contributed by atoms with Gasteiger partial charge in [-0.05, 0) is 117 Å². The van der Waals surface area contributed by atoms with Gasteiger partial charge in [-0.25, -0.2) is 0 Å². The fourth-order valence-corrected chi connectivity index (χ4v) is 14.8. The maximum Gasteiger partial charge on any atom is 0.192 e. The Labute approximate surface area is 265 Å². The van der Waals surface area contributed by atoms with Gasteiger partial charge in [-0.1, -0.05) is 61.5 Å². The summed E-state index contributed by atoms with van der Waals surface area (Å²) < 4.78 is 28.7. The Hall–Kier alpha value is -0.316. The Morgan fingerprint density at radius 1 is 0.953 bits per heavy atom. The molecule has 0 aromatic carbocycles. The molecule has 0 unspecified atom stereocenters. The molecule has 1 aliphatic heterocycles. The van der Waals surface area contributed by atoms with Crippen LogP contribution in [0.25, 0.3) is 0 Å². The monoisotopic (exact) mass is 632 g/mol. The van der Waals surface area contributed by atoms with Gasteiger partial charge in [-0.3, -0.25) is 4.79 Å². The van der Waals surface area contributed by atoms with Crippen LogP contribution in [0.2, 0.25) is 36.3 Å². The van der Waals surface area contributed by atoms with E-state index in [0.29, 0.717) is 24.0 Å². The van der Waals surface area contributed by atoms with Crippen molar-refractivity contribution in [1.82, 2.24) is 0 Å². The third-order valence-corrected chi connectivity index (χ3v) is 23.2. The van der Waals surface area contributed by atoms with E-state index in [-0.39, 0.29) is 52.1 Å². The lowest BCUT2D eigenvalue weighted by Gasteiger charge is -2.65. The first-order valence-electron chi connectivity index (χ1n) is 17.7. The predicted molar refractivity (Wildman–Crippen MR) is 180 cm³/mol. The number of ether oxygens (including phenoxy) is 2. The van der Waals surface area contributed by atoms with E-state index in [1.165, 1.54) is 0 Å². The minimum absolute atomic E-state index is 0.0188. The third-order valence-electron chi connectivity index (χ3n) is 14.0. The molecule has 0 radical (unpaired) electrons. The number of ketones is 1. The summed E-state index contributed by atoms with van der Waals surface area (Å²) in [6, 6.07) is 3.43. The number of hydrogen-bond donors (Lipinski definition) is 0. The number of carbonyl (C=O) groups excluding carboxylic acids is 1. The van der Waals surface area contributed by atoms with Crippen LogP contribution < -0.4 is 0 Å². The van der Waals surface area contributed by atoms with Gasteiger partial charge in [0.15, 0.2) is 28.2 Å². The lowest BCUT2D eigenvalue weighted by atomic mass is 9.43. The normalized spacial score (nSPS) is 43.7. The van der Waals surface area contributed by atoms with Gasteiger partial charge in [0.25, 0.3) is 0 Å². The largest absolute Gasteiger partial charge is 0.414 e. The van der Waals surface area contributed by atoms with Gasteiger partial charge in [0.05, 0.1) is 12.2 Å². The highest BCUT2D eigenvalue weighted by molar-refractivity contribution is 6.74. The summed E-state index contributed by atoms with van der Waals surface area (Å²) in [5.41, 5.74) is 0.903. The van der Waals surface area contributed by atoms with E-state index in [4.69, 9.17) is 18.3 Å². The fraction of sp³-hybridized carbons (Fsp3) is 0.917. The van der Waals surface area contributed by atoms with Crippen molar-refractivity contribution in [1.29, 1.82) is 0 Å². The minimum atomic E-state index is -1.92. The van der Waals surface area contributed by atoms with Crippen LogP contribution in [-0.4, -0.2) is 52.6 Å². The molecule has 10 atom stereocenters. The van der Waals surface area contributed by atoms with Crippen molar-refractivity contribution in [2.75, 3.05) is 0 Å². The minimum Gasteiger partial charge on any atom is -0.414 e. The van der Waals surface area contributed by atoms with Gasteiger partial charge >= 0.3 is 0 Å². The van der Waals surface area contributed by atoms with Gasteiger partial charge in [0.1, 0.15) is 0 Å². The van der Waals surface area contributed by atoms with E-state index in [2.05, 4.69) is 95.3 Å². The zero-order chi connectivity index (χ0) is 32.0. The van der Waals surface area contributed by atoms with Crippen LogP contribution in [-0.2, 0) is 23.1 Å². The second-order valence-corrected chi connectivity index (χ2v) is 27.0. The Balaban J connectivity index is 1.61. The molecule has 5 nitrogen and oxygen atoms in total. The maximum absolute atomic E-state index is 13.7. The predicted octanol–water partition coefficient (Wildman–Crippen LogP) is 9.29. The number of rotatable bonds is 7. The number of Topliss-reactive ketones (excluding diaryl/α,β-unsaturated/α-hetero) is 1. The van der Waals surface area contributed by atoms with Crippen molar-refractivity contribution < 1.29 is 23.1 Å². The number of carbonyl (C=O) groups is 1. The molecule has 4 aliphatic carbocycles. The van der Waals surface area contributed by atoms with Crippen molar-refractivity contribution in [3.63, 3.8) is 0 Å². The quantitative estimate of drug-likeness (QED) is 0.207. The second kappa shape index (κ2) is 11.1. The average Bonchev–Trinajstić information content (AvgIpc) is 3.37. The first-order valence-corrected chi connectivity index (χ1v) is 23.2. The topological polar surface area (TPSA) is 54.0 Å². The summed E-state index contributed by atoms with van der Waals surface area (Å²) in [6.07, 6.45) is 7.34. The number of allylic oxidation sites excluding steroid dienone is 2. The molecule has 4 saturated carbocycles. The third kappa shape index (κ3) is 5.36. The highest BCUT2D eigenvalue weighted by atomic mass is 28.4. The Bertz CT molecular complexity index is 1100. The molecule has 0 aromatic rings. The van der Waals surface area contributed by atoms with Crippen molar-refractivity contribution in [2.24, 2.45) is 34.5 Å². The molecule has 5 rings (SSSR count). The van der Waals surface area contributed by atoms with Crippen molar-refractivity contribution >= 4 is 22.4 Å². The SMILES string of the molecule is C/C=C1/C(=O)C[C@H]2[C@@H]3[C@H]4OC(C)(C)O[C@@H]4[C@H]4C[C@@H](O[Si](C)(C)C(C)(C)C)CC[C@]4(C)[C@H]3[C@@H](O[Si](CC)(CC)CC)C[C@]12C. The summed E-state index contributed by atoms with van der Waals surface area (Å²) in [5, 5.41) is 0.184. The summed E-state index contributed by atoms with van der Waals surface area (Å²) in [6.45, 7) is 30.1. The van der Waals surface area contributed by atoms with Crippen molar-refractivity contribution in [3.8, 4) is 0 Å². The van der Waals surface area contributed by atoms with Crippen LogP contribution in [0.1, 0.15) is 108 Å². The lowest BCUT2D eigenvalue weighted by Crippen LogP contribution is -2.68. The van der Waals surface area contributed by atoms with Crippen LogP contribution in [0.3, 0.4) is 0 Å². The van der Waals surface area contributed by atoms with Gasteiger partial charge in [0.2, 0.25) is 0 Å². The number of fused-ring (bicyclic) bond motifs is 8. The Morgan fingerprint density at radius 2 is 1.56 bits per heavy atom. The molecule has 0 amide bonds. The fourth-order valence-electron chi connectivity index (χ4n) is 10.5. The molecule has 1 saturated heterocycles. The molecule has 7 heteroatoms. The number of hydrogen-bond acceptors (Lipinski definition) is 5. The highest BCUT2D eigenvalue weighted by Crippen LogP contribution is 2.70. The zero-order valence-corrected chi connectivity index (χ0v) is 31.9. The van der Waals surface area contributed by atoms with Crippen LogP contribution >= 0.6 is 0 Å². The molecule has 0 spiro atoms. The van der Waals surface area contributed by atoms with E-state index in [0.717, 1.165) is 49.4 Å². The molecule has 43 heavy (non-hydrogen) atoms. The van der Waals surface area contributed by atoms with E-state index in [9.17, 15) is 4.79 Å². The van der Waals surface area contributed by atoms with Gasteiger partial charge in [0, 0.05) is 24.0 Å². The molecule has 5 aliphatic rings. The maximum atomic E-state index is 13.7. The highest BCUT2D eigenvalue weighted by Gasteiger charge is 2.71. The van der Waals surface area contributed by atoms with E-state index in [1.807, 2.05) is 0 Å². The molecule has 0 aromatic heterocycles. The van der Waals surface area contributed by atoms with Gasteiger partial charge in [-0.2, -0.15) is 0 Å². The average molecular weight is 633 g/mol. The second-order valence-electron chi connectivity index (χ2n) is 17.5. The van der Waals surface area contributed by atoms with Crippen molar-refractivity contribution in [2.45, 2.75) is 175 Å². The Kier molecular flexibility index (Phi) is 8.82. The van der Waals surface area contributed by atoms with Crippen LogP contribution in [0.4, 0.5) is 0 Å². The van der Waals surface area contributed by atoms with Crippen LogP contribution in [0, 0.1) is 34.5 Å². The molecule has 246 valence electrons. The molecular formula is C36H64O5Si2. The smallest absolute Gasteiger partial charge is 0.192 e. The summed E-state index contributed by atoms with van der Waals surface area (Å²) in [5.74, 6) is 0.910. The molecule has 5 fully saturated rings. The summed E-state index contributed by atoms with van der Waals surface area (Å²) in [4.78, 5) is 13.7. The molecule has 0 N–H and O–H groups in total. The zero-order valence-electron chi connectivity index (χ0n) is 29.9. The molecular weight excluding hydrogens is 569 g/mol. The van der Waals surface area contributed by atoms with Crippen LogP contribution in [0.15, 0.2) is 11.6 Å². The molecule has 0 bridgehead atoms. The lowest BCUT2D eigenvalue weighted by molar-refractivity contribution is -0.212. The van der Waals surface area contributed by atoms with E-state index >= 15 is 0 Å².